The van der Waals surface area contributed by atoms with Gasteiger partial charge in [-0.25, -0.2) is 0 Å². The fourth-order valence-electron chi connectivity index (χ4n) is 2.11. The molecule has 1 atom stereocenters. The third kappa shape index (κ3) is 5.07. The van der Waals surface area contributed by atoms with E-state index in [1.165, 1.54) is 16.8 Å². The third-order valence-corrected chi connectivity index (χ3v) is 3.99. The molecule has 8 nitrogen and oxygen atoms in total. The molecule has 0 aliphatic carbocycles. The van der Waals surface area contributed by atoms with Crippen LogP contribution in [-0.2, 0) is 14.3 Å². The first-order chi connectivity index (χ1) is 11.6. The summed E-state index contributed by atoms with van der Waals surface area (Å²) in [6.45, 7) is 0.330. The summed E-state index contributed by atoms with van der Waals surface area (Å²) in [5.74, 6) is -0.426. The number of likely N-dealkylation sites (N-methyl/N-ethyl adjacent to an activating group) is 1. The molecule has 128 valence electrons. The highest BCUT2D eigenvalue weighted by molar-refractivity contribution is 7.13. The molecule has 2 heterocycles. The SMILES string of the molecule is COCC(c1ccccn1)N(C)C(=O)CCC(=O)Nc1nncs1. The number of hydrogen-bond acceptors (Lipinski definition) is 7. The summed E-state index contributed by atoms with van der Waals surface area (Å²) >= 11 is 1.23. The van der Waals surface area contributed by atoms with Crippen molar-refractivity contribution in [2.45, 2.75) is 18.9 Å². The third-order valence-electron chi connectivity index (χ3n) is 3.39. The maximum absolute atomic E-state index is 12.4. The van der Waals surface area contributed by atoms with Crippen molar-refractivity contribution >= 4 is 28.3 Å². The molecule has 24 heavy (non-hydrogen) atoms. The van der Waals surface area contributed by atoms with Crippen molar-refractivity contribution in [2.75, 3.05) is 26.1 Å². The van der Waals surface area contributed by atoms with Crippen molar-refractivity contribution in [3.8, 4) is 0 Å². The lowest BCUT2D eigenvalue weighted by Gasteiger charge is -2.27. The lowest BCUT2D eigenvalue weighted by atomic mass is 10.1. The molecule has 0 aliphatic heterocycles. The first-order valence-electron chi connectivity index (χ1n) is 7.33. The van der Waals surface area contributed by atoms with E-state index in [2.05, 4.69) is 20.5 Å². The van der Waals surface area contributed by atoms with Crippen LogP contribution in [0.5, 0.6) is 0 Å². The number of pyridine rings is 1. The normalized spacial score (nSPS) is 11.8. The van der Waals surface area contributed by atoms with Crippen LogP contribution in [0.2, 0.25) is 0 Å². The van der Waals surface area contributed by atoms with Gasteiger partial charge in [0, 0.05) is 33.2 Å². The topological polar surface area (TPSA) is 97.3 Å². The van der Waals surface area contributed by atoms with Gasteiger partial charge in [-0.3, -0.25) is 14.6 Å². The first-order valence-corrected chi connectivity index (χ1v) is 8.21. The highest BCUT2D eigenvalue weighted by Gasteiger charge is 2.23. The summed E-state index contributed by atoms with van der Waals surface area (Å²) in [6.07, 6.45) is 1.84. The zero-order chi connectivity index (χ0) is 17.4. The summed E-state index contributed by atoms with van der Waals surface area (Å²) in [6, 6.07) is 5.22. The first kappa shape index (κ1) is 18.0. The minimum atomic E-state index is -0.296. The lowest BCUT2D eigenvalue weighted by Crippen LogP contribution is -2.34. The standard InChI is InChI=1S/C15H19N5O3S/c1-20(12(9-23-2)11-5-3-4-8-16-11)14(22)7-6-13(21)18-15-19-17-10-24-15/h3-5,8,10,12H,6-7,9H2,1-2H3,(H,18,19,21). The van der Waals surface area contributed by atoms with Crippen LogP contribution in [0.3, 0.4) is 0 Å². The second kappa shape index (κ2) is 9.04. The Bertz CT molecular complexity index is 650. The van der Waals surface area contributed by atoms with Gasteiger partial charge in [0.05, 0.1) is 18.3 Å². The van der Waals surface area contributed by atoms with Crippen LogP contribution in [0, 0.1) is 0 Å². The molecule has 1 N–H and O–H groups in total. The van der Waals surface area contributed by atoms with Gasteiger partial charge < -0.3 is 15.0 Å². The Morgan fingerprint density at radius 2 is 2.21 bits per heavy atom. The molecular formula is C15H19N5O3S. The van der Waals surface area contributed by atoms with Gasteiger partial charge in [0.1, 0.15) is 5.51 Å². The van der Waals surface area contributed by atoms with Crippen molar-refractivity contribution in [3.63, 3.8) is 0 Å². The Hall–Kier alpha value is -2.39. The number of anilines is 1. The second-order valence-corrected chi connectivity index (χ2v) is 5.86. The minimum Gasteiger partial charge on any atom is -0.382 e. The molecule has 2 amide bonds. The number of aromatic nitrogens is 3. The van der Waals surface area contributed by atoms with Gasteiger partial charge in [0.2, 0.25) is 16.9 Å². The number of ether oxygens (including phenoxy) is 1. The zero-order valence-corrected chi connectivity index (χ0v) is 14.3. The van der Waals surface area contributed by atoms with E-state index in [9.17, 15) is 9.59 Å². The molecule has 2 aromatic rings. The molecule has 0 saturated heterocycles. The molecule has 2 aromatic heterocycles. The fourth-order valence-corrected chi connectivity index (χ4v) is 2.57. The number of hydrogen-bond donors (Lipinski definition) is 1. The summed E-state index contributed by atoms with van der Waals surface area (Å²) in [7, 11) is 3.26. The van der Waals surface area contributed by atoms with E-state index in [1.54, 1.807) is 25.3 Å². The van der Waals surface area contributed by atoms with Gasteiger partial charge in [-0.2, -0.15) is 0 Å². The Morgan fingerprint density at radius 1 is 1.38 bits per heavy atom. The smallest absolute Gasteiger partial charge is 0.226 e. The van der Waals surface area contributed by atoms with Crippen LogP contribution in [-0.4, -0.2) is 52.7 Å². The number of nitrogens with zero attached hydrogens (tertiary/aromatic N) is 4. The highest BCUT2D eigenvalue weighted by Crippen LogP contribution is 2.19. The van der Waals surface area contributed by atoms with E-state index in [0.717, 1.165) is 5.69 Å². The maximum atomic E-state index is 12.4. The molecule has 0 fully saturated rings. The van der Waals surface area contributed by atoms with Gasteiger partial charge in [0.15, 0.2) is 0 Å². The predicted octanol–water partition coefficient (Wildman–Crippen LogP) is 1.50. The Balaban J connectivity index is 1.90. The van der Waals surface area contributed by atoms with Gasteiger partial charge in [-0.15, -0.1) is 10.2 Å². The zero-order valence-electron chi connectivity index (χ0n) is 13.5. The number of carbonyl (C=O) groups excluding carboxylic acids is 2. The number of nitrogens with one attached hydrogen (secondary N) is 1. The minimum absolute atomic E-state index is 0.0741. The van der Waals surface area contributed by atoms with Crippen LogP contribution >= 0.6 is 11.3 Å². The number of methoxy groups -OCH3 is 1. The van der Waals surface area contributed by atoms with Crippen molar-refractivity contribution in [1.82, 2.24) is 20.1 Å². The van der Waals surface area contributed by atoms with Crippen molar-refractivity contribution in [3.05, 3.63) is 35.6 Å². The average molecular weight is 349 g/mol. The largest absolute Gasteiger partial charge is 0.382 e. The Labute approximate surface area is 143 Å². The van der Waals surface area contributed by atoms with Crippen molar-refractivity contribution in [1.29, 1.82) is 0 Å². The number of amides is 2. The molecule has 9 heteroatoms. The van der Waals surface area contributed by atoms with E-state index in [0.29, 0.717) is 11.7 Å². The molecular weight excluding hydrogens is 330 g/mol. The van der Waals surface area contributed by atoms with Crippen LogP contribution in [0.1, 0.15) is 24.6 Å². The molecule has 0 aliphatic rings. The molecule has 1 unspecified atom stereocenters. The summed E-state index contributed by atoms with van der Waals surface area (Å²) in [5.41, 5.74) is 2.27. The van der Waals surface area contributed by atoms with E-state index in [1.807, 2.05) is 18.2 Å². The van der Waals surface area contributed by atoms with Crippen LogP contribution < -0.4 is 5.32 Å². The van der Waals surface area contributed by atoms with Gasteiger partial charge in [0.25, 0.3) is 0 Å². The summed E-state index contributed by atoms with van der Waals surface area (Å²) < 4.78 is 5.20. The fraction of sp³-hybridized carbons (Fsp3) is 0.400. The summed E-state index contributed by atoms with van der Waals surface area (Å²) in [4.78, 5) is 30.0. The molecule has 0 radical (unpaired) electrons. The highest BCUT2D eigenvalue weighted by atomic mass is 32.1. The lowest BCUT2D eigenvalue weighted by molar-refractivity contribution is -0.134. The average Bonchev–Trinajstić information content (AvgIpc) is 3.10. The molecule has 0 saturated carbocycles. The van der Waals surface area contributed by atoms with E-state index >= 15 is 0 Å². The van der Waals surface area contributed by atoms with Gasteiger partial charge >= 0.3 is 0 Å². The van der Waals surface area contributed by atoms with E-state index < -0.39 is 0 Å². The van der Waals surface area contributed by atoms with E-state index in [-0.39, 0.29) is 30.7 Å². The number of carbonyl (C=O) groups is 2. The Morgan fingerprint density at radius 3 is 2.83 bits per heavy atom. The van der Waals surface area contributed by atoms with Crippen LogP contribution in [0.15, 0.2) is 29.9 Å². The molecule has 0 bridgehead atoms. The Kier molecular flexibility index (Phi) is 6.76. The monoisotopic (exact) mass is 349 g/mol. The molecule has 2 rings (SSSR count). The maximum Gasteiger partial charge on any atom is 0.226 e. The quantitative estimate of drug-likeness (QED) is 0.775. The van der Waals surface area contributed by atoms with Crippen molar-refractivity contribution in [2.24, 2.45) is 0 Å². The van der Waals surface area contributed by atoms with Crippen molar-refractivity contribution < 1.29 is 14.3 Å². The van der Waals surface area contributed by atoms with Crippen LogP contribution in [0.4, 0.5) is 5.13 Å². The predicted molar refractivity (Wildman–Crippen MR) is 89.4 cm³/mol. The van der Waals surface area contributed by atoms with E-state index in [4.69, 9.17) is 4.74 Å². The molecule has 0 spiro atoms. The summed E-state index contributed by atoms with van der Waals surface area (Å²) in [5, 5.41) is 10.4. The van der Waals surface area contributed by atoms with Gasteiger partial charge in [-0.05, 0) is 12.1 Å². The molecule has 0 aromatic carbocycles. The van der Waals surface area contributed by atoms with Gasteiger partial charge in [-0.1, -0.05) is 17.4 Å². The van der Waals surface area contributed by atoms with Crippen LogP contribution in [0.25, 0.3) is 0 Å². The second-order valence-electron chi connectivity index (χ2n) is 5.02. The number of rotatable bonds is 8.